The predicted molar refractivity (Wildman–Crippen MR) is 113 cm³/mol. The minimum Gasteiger partial charge on any atom is -0.388 e. The summed E-state index contributed by atoms with van der Waals surface area (Å²) in [6, 6.07) is -1.58. The lowest BCUT2D eigenvalue weighted by Crippen LogP contribution is -2.67. The number of aliphatic hydroxyl groups is 2. The van der Waals surface area contributed by atoms with Gasteiger partial charge < -0.3 is 49.3 Å². The van der Waals surface area contributed by atoms with Crippen molar-refractivity contribution in [3.63, 3.8) is 0 Å². The van der Waals surface area contributed by atoms with E-state index in [-0.39, 0.29) is 26.4 Å². The van der Waals surface area contributed by atoms with Crippen molar-refractivity contribution in [2.45, 2.75) is 42.7 Å². The summed E-state index contributed by atoms with van der Waals surface area (Å²) < 4.78 is 69.8. The topological polar surface area (TPSA) is 137 Å². The summed E-state index contributed by atoms with van der Waals surface area (Å²) in [7, 11) is 0. The van der Waals surface area contributed by atoms with Gasteiger partial charge in [0.25, 0.3) is 0 Å². The first-order chi connectivity index (χ1) is 16.7. The highest BCUT2D eigenvalue weighted by Crippen LogP contribution is 2.37. The molecule has 2 bridgehead atoms. The van der Waals surface area contributed by atoms with Crippen molar-refractivity contribution >= 4 is 5.91 Å². The summed E-state index contributed by atoms with van der Waals surface area (Å²) in [6.45, 7) is 3.53. The van der Waals surface area contributed by atoms with Gasteiger partial charge in [-0.05, 0) is 0 Å². The minimum atomic E-state index is -5.15. The molecule has 5 atom stereocenters. The highest BCUT2D eigenvalue weighted by Gasteiger charge is 2.60. The first-order valence-electron chi connectivity index (χ1n) is 11.2. The quantitative estimate of drug-likeness (QED) is 0.135. The molecule has 0 saturated carbocycles. The zero-order valence-corrected chi connectivity index (χ0v) is 19.3. The van der Waals surface area contributed by atoms with Crippen LogP contribution in [0.2, 0.25) is 0 Å². The standard InChI is InChI=1S/C21H33F3N2O9/c1-2-3-4-25-5-6-30-7-8-31-9-10-32-11-12-33-13-20-14-34-18(35-20)15(16(27)17(20)28)26-19(29)21(22,23)24/h1,15-18,25,27-28H,3-14H2,(H,26,29)/t15-,16-,17-,18+,20+/m1/s1. The summed E-state index contributed by atoms with van der Waals surface area (Å²) in [5, 5.41) is 25.3. The molecule has 0 radical (unpaired) electrons. The van der Waals surface area contributed by atoms with Crippen LogP contribution in [0.15, 0.2) is 0 Å². The molecule has 35 heavy (non-hydrogen) atoms. The molecule has 1 amide bonds. The molecule has 0 aliphatic carbocycles. The Kier molecular flexibility index (Phi) is 12.6. The number of hydrogen-bond acceptors (Lipinski definition) is 10. The van der Waals surface area contributed by atoms with E-state index in [1.807, 2.05) is 0 Å². The molecule has 2 aliphatic rings. The van der Waals surface area contributed by atoms with Crippen molar-refractivity contribution in [2.24, 2.45) is 0 Å². The van der Waals surface area contributed by atoms with Crippen LogP contribution in [0.5, 0.6) is 0 Å². The van der Waals surface area contributed by atoms with Crippen molar-refractivity contribution < 1.29 is 56.6 Å². The van der Waals surface area contributed by atoms with Crippen molar-refractivity contribution in [1.82, 2.24) is 10.6 Å². The zero-order chi connectivity index (χ0) is 25.7. The molecule has 2 aliphatic heterocycles. The molecule has 0 spiro atoms. The van der Waals surface area contributed by atoms with Gasteiger partial charge >= 0.3 is 12.1 Å². The monoisotopic (exact) mass is 514 g/mol. The molecule has 0 aromatic rings. The highest BCUT2D eigenvalue weighted by atomic mass is 19.4. The number of rotatable bonds is 17. The van der Waals surface area contributed by atoms with Crippen LogP contribution in [0.3, 0.4) is 0 Å². The second-order valence-corrected chi connectivity index (χ2v) is 7.89. The third kappa shape index (κ3) is 9.45. The number of amides is 1. The highest BCUT2D eigenvalue weighted by molar-refractivity contribution is 5.82. The van der Waals surface area contributed by atoms with Crippen LogP contribution in [0.25, 0.3) is 0 Å². The van der Waals surface area contributed by atoms with Crippen LogP contribution in [0.1, 0.15) is 6.42 Å². The number of carbonyl (C=O) groups is 1. The van der Waals surface area contributed by atoms with E-state index in [0.29, 0.717) is 39.5 Å². The molecule has 2 rings (SSSR count). The summed E-state index contributed by atoms with van der Waals surface area (Å²) in [6.07, 6.45) is -4.07. The third-order valence-corrected chi connectivity index (χ3v) is 5.25. The maximum Gasteiger partial charge on any atom is 0.471 e. The second-order valence-electron chi connectivity index (χ2n) is 7.89. The fourth-order valence-corrected chi connectivity index (χ4v) is 3.41. The van der Waals surface area contributed by atoms with E-state index in [2.05, 4.69) is 11.2 Å². The molecule has 11 nitrogen and oxygen atoms in total. The van der Waals surface area contributed by atoms with Gasteiger partial charge in [-0.1, -0.05) is 0 Å². The molecule has 2 saturated heterocycles. The van der Waals surface area contributed by atoms with Gasteiger partial charge in [-0.25, -0.2) is 0 Å². The first-order valence-corrected chi connectivity index (χ1v) is 11.2. The van der Waals surface area contributed by atoms with Crippen molar-refractivity contribution in [2.75, 3.05) is 72.6 Å². The van der Waals surface area contributed by atoms with Crippen LogP contribution >= 0.6 is 0 Å². The summed E-state index contributed by atoms with van der Waals surface area (Å²) in [4.78, 5) is 11.2. The normalized spacial score (nSPS) is 28.1. The summed E-state index contributed by atoms with van der Waals surface area (Å²) in [5.41, 5.74) is -1.47. The molecule has 0 aromatic heterocycles. The molecule has 202 valence electrons. The van der Waals surface area contributed by atoms with Gasteiger partial charge in [0.15, 0.2) is 6.29 Å². The van der Waals surface area contributed by atoms with Gasteiger partial charge in [-0.3, -0.25) is 4.79 Å². The van der Waals surface area contributed by atoms with Crippen LogP contribution in [0.4, 0.5) is 13.2 Å². The minimum absolute atomic E-state index is 0.128. The van der Waals surface area contributed by atoms with Crippen LogP contribution in [-0.4, -0.2) is 125 Å². The summed E-state index contributed by atoms with van der Waals surface area (Å²) >= 11 is 0. The number of hydrogen-bond donors (Lipinski definition) is 4. The predicted octanol–water partition coefficient (Wildman–Crippen LogP) is -1.44. The Balaban J connectivity index is 1.51. The molecule has 14 heteroatoms. The Morgan fingerprint density at radius 3 is 2.23 bits per heavy atom. The Bertz CT molecular complexity index is 679. The molecule has 4 N–H and O–H groups in total. The van der Waals surface area contributed by atoms with Crippen LogP contribution in [0, 0.1) is 12.3 Å². The number of carbonyl (C=O) groups excluding carboxylic acids is 1. The molecular formula is C21H33F3N2O9. The Morgan fingerprint density at radius 2 is 1.63 bits per heavy atom. The second kappa shape index (κ2) is 14.9. The Labute approximate surface area is 201 Å². The van der Waals surface area contributed by atoms with E-state index in [4.69, 9.17) is 34.8 Å². The molecular weight excluding hydrogens is 481 g/mol. The molecule has 0 aromatic carbocycles. The lowest BCUT2D eigenvalue weighted by atomic mass is 9.88. The van der Waals surface area contributed by atoms with Crippen molar-refractivity contribution in [3.05, 3.63) is 0 Å². The first kappa shape index (κ1) is 29.7. The van der Waals surface area contributed by atoms with Gasteiger partial charge in [-0.15, -0.1) is 12.3 Å². The lowest BCUT2D eigenvalue weighted by Gasteiger charge is -2.42. The maximum atomic E-state index is 12.5. The number of nitrogens with one attached hydrogen (secondary N) is 2. The maximum absolute atomic E-state index is 12.5. The molecule has 2 fully saturated rings. The van der Waals surface area contributed by atoms with E-state index >= 15 is 0 Å². The van der Waals surface area contributed by atoms with Gasteiger partial charge in [0.05, 0.1) is 59.5 Å². The van der Waals surface area contributed by atoms with Crippen molar-refractivity contribution in [3.8, 4) is 12.3 Å². The molecule has 2 heterocycles. The number of aliphatic hydroxyl groups excluding tert-OH is 2. The molecule has 0 unspecified atom stereocenters. The Hall–Kier alpha value is -1.54. The number of halogens is 3. The summed E-state index contributed by atoms with van der Waals surface area (Å²) in [5.74, 6) is 0.267. The number of alkyl halides is 3. The SMILES string of the molecule is C#CCCNCCOCCOCCOCCOC[C@@]12CO[C@@H](O1)[C@H](NC(=O)C(F)(F)F)[C@@H](O)[C@H]2O. The number of ether oxygens (including phenoxy) is 6. The fraction of sp³-hybridized carbons (Fsp3) is 0.857. The van der Waals surface area contributed by atoms with Gasteiger partial charge in [-0.2, -0.15) is 13.2 Å². The zero-order valence-electron chi connectivity index (χ0n) is 19.3. The third-order valence-electron chi connectivity index (χ3n) is 5.25. The smallest absolute Gasteiger partial charge is 0.388 e. The van der Waals surface area contributed by atoms with E-state index < -0.39 is 42.2 Å². The van der Waals surface area contributed by atoms with E-state index in [9.17, 15) is 28.2 Å². The van der Waals surface area contributed by atoms with E-state index in [0.717, 1.165) is 13.1 Å². The van der Waals surface area contributed by atoms with Crippen LogP contribution in [-0.2, 0) is 33.2 Å². The average molecular weight is 514 g/mol. The van der Waals surface area contributed by atoms with Gasteiger partial charge in [0.1, 0.15) is 23.9 Å². The fourth-order valence-electron chi connectivity index (χ4n) is 3.41. The van der Waals surface area contributed by atoms with Crippen LogP contribution < -0.4 is 10.6 Å². The number of terminal acetylenes is 1. The van der Waals surface area contributed by atoms with Crippen molar-refractivity contribution in [1.29, 1.82) is 0 Å². The van der Waals surface area contributed by atoms with Gasteiger partial charge in [0.2, 0.25) is 0 Å². The van der Waals surface area contributed by atoms with E-state index in [1.165, 1.54) is 0 Å². The average Bonchev–Trinajstić information content (AvgIpc) is 3.22. The lowest BCUT2D eigenvalue weighted by molar-refractivity contribution is -0.240. The Morgan fingerprint density at radius 1 is 1.03 bits per heavy atom. The van der Waals surface area contributed by atoms with E-state index in [1.54, 1.807) is 5.32 Å². The number of fused-ring (bicyclic) bond motifs is 2. The largest absolute Gasteiger partial charge is 0.471 e. The van der Waals surface area contributed by atoms with Gasteiger partial charge in [0, 0.05) is 19.5 Å².